The van der Waals surface area contributed by atoms with Crippen molar-refractivity contribution in [2.75, 3.05) is 13.6 Å². The van der Waals surface area contributed by atoms with Gasteiger partial charge >= 0.3 is 17.9 Å². The molecule has 2 aliphatic carbocycles. The van der Waals surface area contributed by atoms with E-state index in [4.69, 9.17) is 14.9 Å². The van der Waals surface area contributed by atoms with Gasteiger partial charge in [0.15, 0.2) is 11.9 Å². The molecule has 0 radical (unpaired) electrons. The molecule has 1 saturated heterocycles. The molecule has 1 aromatic heterocycles. The molecule has 2 fully saturated rings. The average Bonchev–Trinajstić information content (AvgIpc) is 3.25. The number of aliphatic carboxylic acids is 2. The maximum absolute atomic E-state index is 13.0. The van der Waals surface area contributed by atoms with Crippen LogP contribution in [0.25, 0.3) is 10.9 Å². The molecule has 3 aliphatic rings. The van der Waals surface area contributed by atoms with Crippen LogP contribution in [0.3, 0.4) is 0 Å². The Morgan fingerprint density at radius 2 is 1.82 bits per heavy atom. The van der Waals surface area contributed by atoms with E-state index in [0.29, 0.717) is 49.5 Å². The first-order valence-electron chi connectivity index (χ1n) is 13.3. The fraction of sp³-hybridized carbons (Fsp3) is 0.517. The molecule has 2 aromatic rings. The number of fused-ring (bicyclic) bond motifs is 2. The number of esters is 1. The number of benzene rings is 1. The zero-order valence-electron chi connectivity index (χ0n) is 22.1. The highest BCUT2D eigenvalue weighted by atomic mass is 16.5. The number of carboxylic acid groups (broad SMARTS) is 2. The first kappa shape index (κ1) is 27.6. The summed E-state index contributed by atoms with van der Waals surface area (Å²) in [4.78, 5) is 46.6. The molecule has 9 nitrogen and oxygen atoms in total. The van der Waals surface area contributed by atoms with E-state index in [2.05, 4.69) is 54.8 Å². The van der Waals surface area contributed by atoms with Crippen molar-refractivity contribution in [3.8, 4) is 0 Å². The summed E-state index contributed by atoms with van der Waals surface area (Å²) in [6, 6.07) is 7.46. The Morgan fingerprint density at radius 3 is 2.45 bits per heavy atom. The molecule has 0 spiro atoms. The Labute approximate surface area is 222 Å². The van der Waals surface area contributed by atoms with Crippen LogP contribution in [-0.4, -0.2) is 69.1 Å². The van der Waals surface area contributed by atoms with Crippen LogP contribution in [0.4, 0.5) is 0 Å². The Balaban J connectivity index is 0.000000368. The molecule has 38 heavy (non-hydrogen) atoms. The van der Waals surface area contributed by atoms with Crippen molar-refractivity contribution in [3.05, 3.63) is 47.7 Å². The standard InChI is InChI=1S/C25H32N2O3.C4H4O4/c1-15(2)27-14-16-12-21-19(18-7-6-8-20(27)24(16)18)11-17(13-26(21)3)25(29)30-23-10-5-4-9-22(23)28;5-3(6)1-2-4(7)8/h6-8,14-15,17,19,21,23H,4-5,9-13H2,1-3H3;1-2H,(H,5,6)(H,7,8)/b;2-1-/t17-,19?,21?,23?;/m1./s1. The van der Waals surface area contributed by atoms with Gasteiger partial charge in [0.05, 0.1) is 5.92 Å². The normalized spacial score (nSPS) is 25.1. The quantitative estimate of drug-likeness (QED) is 0.445. The van der Waals surface area contributed by atoms with Gasteiger partial charge < -0.3 is 24.4 Å². The maximum atomic E-state index is 13.0. The van der Waals surface area contributed by atoms with Gasteiger partial charge in [-0.2, -0.15) is 0 Å². The molecule has 3 unspecified atom stereocenters. The van der Waals surface area contributed by atoms with Crippen molar-refractivity contribution < 1.29 is 34.1 Å². The van der Waals surface area contributed by atoms with Gasteiger partial charge in [0.25, 0.3) is 0 Å². The number of carbonyl (C=O) groups is 4. The minimum Gasteiger partial charge on any atom is -0.478 e. The van der Waals surface area contributed by atoms with Gasteiger partial charge in [0.2, 0.25) is 0 Å². The van der Waals surface area contributed by atoms with Crippen LogP contribution in [0.5, 0.6) is 0 Å². The van der Waals surface area contributed by atoms with Crippen molar-refractivity contribution in [3.63, 3.8) is 0 Å². The van der Waals surface area contributed by atoms with E-state index in [-0.39, 0.29) is 17.7 Å². The summed E-state index contributed by atoms with van der Waals surface area (Å²) in [5.41, 5.74) is 4.10. The van der Waals surface area contributed by atoms with Gasteiger partial charge in [-0.1, -0.05) is 12.1 Å². The second-order valence-electron chi connectivity index (χ2n) is 10.8. The number of aromatic nitrogens is 1. The number of piperidine rings is 1. The lowest BCUT2D eigenvalue weighted by atomic mass is 9.72. The van der Waals surface area contributed by atoms with Gasteiger partial charge in [-0.25, -0.2) is 9.59 Å². The number of Topliss-reactive ketones (excluding diaryl/α,β-unsaturated/α-hetero) is 1. The number of carboxylic acids is 2. The summed E-state index contributed by atoms with van der Waals surface area (Å²) < 4.78 is 8.11. The lowest BCUT2D eigenvalue weighted by Crippen LogP contribution is -2.50. The highest BCUT2D eigenvalue weighted by Gasteiger charge is 2.43. The Hall–Kier alpha value is -3.46. The minimum atomic E-state index is -1.26. The van der Waals surface area contributed by atoms with Crippen LogP contribution in [0.15, 0.2) is 36.5 Å². The maximum Gasteiger partial charge on any atom is 0.328 e. The summed E-state index contributed by atoms with van der Waals surface area (Å²) in [5.74, 6) is -2.45. The fourth-order valence-corrected chi connectivity index (χ4v) is 6.13. The number of carbonyl (C=O) groups excluding carboxylic acids is 2. The molecule has 5 rings (SSSR count). The van der Waals surface area contributed by atoms with Gasteiger partial charge in [-0.05, 0) is 70.2 Å². The topological polar surface area (TPSA) is 126 Å². The highest BCUT2D eigenvalue weighted by Crippen LogP contribution is 2.45. The number of hydrogen-bond donors (Lipinski definition) is 2. The number of hydrogen-bond acceptors (Lipinski definition) is 6. The summed E-state index contributed by atoms with van der Waals surface area (Å²) >= 11 is 0. The molecule has 1 aromatic carbocycles. The summed E-state index contributed by atoms with van der Waals surface area (Å²) in [6.45, 7) is 5.16. The lowest BCUT2D eigenvalue weighted by molar-refractivity contribution is -0.163. The number of nitrogens with zero attached hydrogens (tertiary/aromatic N) is 2. The van der Waals surface area contributed by atoms with Crippen molar-refractivity contribution in [1.82, 2.24) is 9.47 Å². The van der Waals surface area contributed by atoms with Gasteiger partial charge in [0.1, 0.15) is 0 Å². The van der Waals surface area contributed by atoms with Crippen LogP contribution in [0, 0.1) is 5.92 Å². The first-order valence-corrected chi connectivity index (χ1v) is 13.3. The first-order chi connectivity index (χ1) is 18.1. The van der Waals surface area contributed by atoms with E-state index in [1.165, 1.54) is 22.0 Å². The molecule has 1 saturated carbocycles. The highest BCUT2D eigenvalue weighted by molar-refractivity contribution is 5.90. The van der Waals surface area contributed by atoms with Crippen LogP contribution >= 0.6 is 0 Å². The van der Waals surface area contributed by atoms with Gasteiger partial charge in [-0.3, -0.25) is 9.59 Å². The van der Waals surface area contributed by atoms with Crippen molar-refractivity contribution >= 4 is 34.6 Å². The molecular formula is C29H36N2O7. The molecule has 2 heterocycles. The van der Waals surface area contributed by atoms with Crippen LogP contribution < -0.4 is 0 Å². The molecule has 204 valence electrons. The van der Waals surface area contributed by atoms with E-state index in [1.54, 1.807) is 0 Å². The van der Waals surface area contributed by atoms with E-state index in [1.807, 2.05) is 0 Å². The smallest absolute Gasteiger partial charge is 0.328 e. The van der Waals surface area contributed by atoms with Crippen molar-refractivity contribution in [2.45, 2.75) is 76.5 Å². The number of likely N-dealkylation sites (N-methyl/N-ethyl adjacent to an activating group) is 1. The lowest BCUT2D eigenvalue weighted by Gasteiger charge is -2.45. The fourth-order valence-electron chi connectivity index (χ4n) is 6.13. The molecule has 1 aliphatic heterocycles. The van der Waals surface area contributed by atoms with E-state index in [0.717, 1.165) is 25.7 Å². The van der Waals surface area contributed by atoms with E-state index < -0.39 is 18.0 Å². The van der Waals surface area contributed by atoms with Gasteiger partial charge in [-0.15, -0.1) is 0 Å². The monoisotopic (exact) mass is 524 g/mol. The van der Waals surface area contributed by atoms with Crippen LogP contribution in [0.2, 0.25) is 0 Å². The third kappa shape index (κ3) is 5.83. The van der Waals surface area contributed by atoms with E-state index in [9.17, 15) is 19.2 Å². The summed E-state index contributed by atoms with van der Waals surface area (Å²) in [5, 5.41) is 17.0. The molecule has 9 heteroatoms. The molecular weight excluding hydrogens is 488 g/mol. The Bertz CT molecular complexity index is 1250. The largest absolute Gasteiger partial charge is 0.478 e. The SMILES string of the molecule is CC(C)n1cc2c3c(cccc31)C1C[C@@H](C(=O)OC3CCCCC3=O)CN(C)C1C2.O=C(O)/C=C\C(=O)O. The van der Waals surface area contributed by atoms with Crippen molar-refractivity contribution in [1.29, 1.82) is 0 Å². The predicted octanol–water partition coefficient (Wildman–Crippen LogP) is 3.95. The third-order valence-corrected chi connectivity index (χ3v) is 7.89. The third-order valence-electron chi connectivity index (χ3n) is 7.89. The Morgan fingerprint density at radius 1 is 1.11 bits per heavy atom. The Kier molecular flexibility index (Phi) is 8.35. The van der Waals surface area contributed by atoms with E-state index >= 15 is 0 Å². The number of rotatable bonds is 5. The predicted molar refractivity (Wildman–Crippen MR) is 141 cm³/mol. The van der Waals surface area contributed by atoms with Crippen molar-refractivity contribution in [2.24, 2.45) is 5.92 Å². The summed E-state index contributed by atoms with van der Waals surface area (Å²) in [6.07, 6.45) is 7.88. The van der Waals surface area contributed by atoms with Gasteiger partial charge in [0, 0.05) is 60.2 Å². The van der Waals surface area contributed by atoms with Crippen LogP contribution in [0.1, 0.15) is 69.0 Å². The second kappa shape index (κ2) is 11.5. The molecule has 0 bridgehead atoms. The zero-order valence-corrected chi connectivity index (χ0v) is 22.1. The molecule has 4 atom stereocenters. The van der Waals surface area contributed by atoms with Crippen LogP contribution in [-0.2, 0) is 30.3 Å². The molecule has 0 amide bonds. The number of likely N-dealkylation sites (tertiary alicyclic amines) is 1. The minimum absolute atomic E-state index is 0.0961. The molecule has 2 N–H and O–H groups in total. The number of ether oxygens (including phenoxy) is 1. The zero-order chi connectivity index (χ0) is 27.6. The summed E-state index contributed by atoms with van der Waals surface area (Å²) in [7, 11) is 2.13. The number of ketones is 1. The second-order valence-corrected chi connectivity index (χ2v) is 10.8. The average molecular weight is 525 g/mol.